The molecule has 0 spiro atoms. The summed E-state index contributed by atoms with van der Waals surface area (Å²) >= 11 is 0. The summed E-state index contributed by atoms with van der Waals surface area (Å²) in [6, 6.07) is 5.57. The normalized spacial score (nSPS) is 10.6. The number of aromatic carboxylic acids is 1. The van der Waals surface area contributed by atoms with Crippen LogP contribution in [0, 0.1) is 6.92 Å². The summed E-state index contributed by atoms with van der Waals surface area (Å²) in [5.41, 5.74) is 7.84. The van der Waals surface area contributed by atoms with E-state index in [1.54, 1.807) is 6.07 Å². The van der Waals surface area contributed by atoms with Gasteiger partial charge in [-0.05, 0) is 12.5 Å². The zero-order valence-electron chi connectivity index (χ0n) is 7.66. The molecule has 4 nitrogen and oxygen atoms in total. The van der Waals surface area contributed by atoms with Crippen LogP contribution in [0.2, 0.25) is 0 Å². The molecule has 72 valence electrons. The van der Waals surface area contributed by atoms with Gasteiger partial charge in [0.15, 0.2) is 0 Å². The Balaban J connectivity index is 2.86. The van der Waals surface area contributed by atoms with Gasteiger partial charge in [0.25, 0.3) is 0 Å². The zero-order chi connectivity index (χ0) is 10.3. The number of carboxylic acids is 1. The lowest BCUT2D eigenvalue weighted by Gasteiger charge is -1.93. The third kappa shape index (κ3) is 1.04. The largest absolute Gasteiger partial charge is 0.477 e. The molecule has 0 saturated carbocycles. The maximum absolute atomic E-state index is 10.8. The van der Waals surface area contributed by atoms with Crippen LogP contribution in [0.1, 0.15) is 16.1 Å². The number of aromatic nitrogens is 1. The average molecular weight is 190 g/mol. The van der Waals surface area contributed by atoms with Crippen molar-refractivity contribution in [1.82, 2.24) is 4.98 Å². The van der Waals surface area contributed by atoms with Crippen molar-refractivity contribution >= 4 is 22.6 Å². The topological polar surface area (TPSA) is 79.1 Å². The van der Waals surface area contributed by atoms with Gasteiger partial charge >= 0.3 is 5.97 Å². The van der Waals surface area contributed by atoms with Crippen molar-refractivity contribution in [3.8, 4) is 0 Å². The van der Waals surface area contributed by atoms with E-state index in [-0.39, 0.29) is 5.69 Å². The van der Waals surface area contributed by atoms with Crippen molar-refractivity contribution in [1.29, 1.82) is 0 Å². The van der Waals surface area contributed by atoms with Crippen LogP contribution in [-0.4, -0.2) is 16.1 Å². The first-order chi connectivity index (χ1) is 6.61. The minimum Gasteiger partial charge on any atom is -0.477 e. The van der Waals surface area contributed by atoms with Gasteiger partial charge in [0.05, 0.1) is 11.2 Å². The van der Waals surface area contributed by atoms with E-state index in [0.29, 0.717) is 5.69 Å². The van der Waals surface area contributed by atoms with Gasteiger partial charge in [0, 0.05) is 5.39 Å². The molecule has 1 aromatic heterocycles. The monoisotopic (exact) mass is 190 g/mol. The lowest BCUT2D eigenvalue weighted by Crippen LogP contribution is -2.00. The summed E-state index contributed by atoms with van der Waals surface area (Å²) in [5.74, 6) is -1.03. The van der Waals surface area contributed by atoms with Crippen LogP contribution < -0.4 is 5.73 Å². The maximum Gasteiger partial charge on any atom is 0.354 e. The Labute approximate surface area is 80.3 Å². The Morgan fingerprint density at radius 3 is 2.79 bits per heavy atom. The highest BCUT2D eigenvalue weighted by Gasteiger charge is 2.14. The highest BCUT2D eigenvalue weighted by molar-refractivity contribution is 6.05. The van der Waals surface area contributed by atoms with Gasteiger partial charge in [-0.2, -0.15) is 0 Å². The third-order valence-electron chi connectivity index (χ3n) is 2.30. The molecule has 0 aliphatic carbocycles. The quantitative estimate of drug-likeness (QED) is 0.641. The molecule has 4 N–H and O–H groups in total. The smallest absolute Gasteiger partial charge is 0.354 e. The average Bonchev–Trinajstić information content (AvgIpc) is 2.46. The maximum atomic E-state index is 10.8. The summed E-state index contributed by atoms with van der Waals surface area (Å²) in [5, 5.41) is 9.61. The molecule has 14 heavy (non-hydrogen) atoms. The SMILES string of the molecule is Cc1cccc2c(N)c(C(=O)O)[nH]c12. The minimum atomic E-state index is -1.03. The first kappa shape index (κ1) is 8.62. The molecular weight excluding hydrogens is 180 g/mol. The summed E-state index contributed by atoms with van der Waals surface area (Å²) < 4.78 is 0. The number of carboxylic acid groups (broad SMARTS) is 1. The van der Waals surface area contributed by atoms with Gasteiger partial charge in [0.2, 0.25) is 0 Å². The number of hydrogen-bond acceptors (Lipinski definition) is 2. The van der Waals surface area contributed by atoms with Gasteiger partial charge in [-0.3, -0.25) is 0 Å². The zero-order valence-corrected chi connectivity index (χ0v) is 7.66. The highest BCUT2D eigenvalue weighted by atomic mass is 16.4. The number of carbonyl (C=O) groups is 1. The molecule has 2 aromatic rings. The van der Waals surface area contributed by atoms with Crippen LogP contribution in [0.4, 0.5) is 5.69 Å². The number of anilines is 1. The highest BCUT2D eigenvalue weighted by Crippen LogP contribution is 2.26. The number of aryl methyl sites for hydroxylation is 1. The van der Waals surface area contributed by atoms with Crippen molar-refractivity contribution in [2.24, 2.45) is 0 Å². The van der Waals surface area contributed by atoms with Gasteiger partial charge in [-0.25, -0.2) is 4.79 Å². The number of benzene rings is 1. The van der Waals surface area contributed by atoms with E-state index < -0.39 is 5.97 Å². The Hall–Kier alpha value is -1.97. The number of fused-ring (bicyclic) bond motifs is 1. The number of hydrogen-bond donors (Lipinski definition) is 3. The number of rotatable bonds is 1. The number of H-pyrrole nitrogens is 1. The van der Waals surface area contributed by atoms with Crippen LogP contribution in [0.15, 0.2) is 18.2 Å². The van der Waals surface area contributed by atoms with Crippen molar-refractivity contribution in [2.45, 2.75) is 6.92 Å². The van der Waals surface area contributed by atoms with E-state index in [0.717, 1.165) is 16.5 Å². The van der Waals surface area contributed by atoms with Gasteiger partial charge in [-0.1, -0.05) is 18.2 Å². The van der Waals surface area contributed by atoms with Gasteiger partial charge in [0.1, 0.15) is 5.69 Å². The summed E-state index contributed by atoms with van der Waals surface area (Å²) in [7, 11) is 0. The Morgan fingerprint density at radius 2 is 2.21 bits per heavy atom. The second-order valence-electron chi connectivity index (χ2n) is 3.22. The fourth-order valence-corrected chi connectivity index (χ4v) is 1.55. The summed E-state index contributed by atoms with van der Waals surface area (Å²) in [6.45, 7) is 1.91. The van der Waals surface area contributed by atoms with Gasteiger partial charge < -0.3 is 15.8 Å². The first-order valence-corrected chi connectivity index (χ1v) is 4.21. The number of para-hydroxylation sites is 1. The number of aromatic amines is 1. The van der Waals surface area contributed by atoms with Crippen LogP contribution in [0.5, 0.6) is 0 Å². The lowest BCUT2D eigenvalue weighted by molar-refractivity contribution is 0.0692. The molecule has 0 fully saturated rings. The molecule has 0 unspecified atom stereocenters. The summed E-state index contributed by atoms with van der Waals surface area (Å²) in [4.78, 5) is 13.6. The van der Waals surface area contributed by atoms with E-state index >= 15 is 0 Å². The second-order valence-corrected chi connectivity index (χ2v) is 3.22. The Morgan fingerprint density at radius 1 is 1.50 bits per heavy atom. The molecule has 2 rings (SSSR count). The fourth-order valence-electron chi connectivity index (χ4n) is 1.55. The van der Waals surface area contributed by atoms with Gasteiger partial charge in [-0.15, -0.1) is 0 Å². The third-order valence-corrected chi connectivity index (χ3v) is 2.30. The van der Waals surface area contributed by atoms with Crippen molar-refractivity contribution in [3.05, 3.63) is 29.5 Å². The van der Waals surface area contributed by atoms with Crippen molar-refractivity contribution in [2.75, 3.05) is 5.73 Å². The molecule has 4 heteroatoms. The Kier molecular flexibility index (Phi) is 1.70. The molecule has 0 saturated heterocycles. The van der Waals surface area contributed by atoms with Crippen molar-refractivity contribution in [3.63, 3.8) is 0 Å². The van der Waals surface area contributed by atoms with E-state index in [9.17, 15) is 4.79 Å². The van der Waals surface area contributed by atoms with Crippen LogP contribution in [0.25, 0.3) is 10.9 Å². The minimum absolute atomic E-state index is 0.0642. The fraction of sp³-hybridized carbons (Fsp3) is 0.100. The molecule has 0 aliphatic rings. The molecule has 0 atom stereocenters. The lowest BCUT2D eigenvalue weighted by atomic mass is 10.1. The molecule has 1 heterocycles. The Bertz CT molecular complexity index is 514. The molecule has 1 aromatic carbocycles. The molecule has 0 bridgehead atoms. The number of nitrogens with two attached hydrogens (primary N) is 1. The molecule has 0 radical (unpaired) electrons. The number of nitrogens with one attached hydrogen (secondary N) is 1. The molecule has 0 amide bonds. The van der Waals surface area contributed by atoms with E-state index in [2.05, 4.69) is 4.98 Å². The van der Waals surface area contributed by atoms with Crippen molar-refractivity contribution < 1.29 is 9.90 Å². The second kappa shape index (κ2) is 2.77. The van der Waals surface area contributed by atoms with Crippen LogP contribution in [-0.2, 0) is 0 Å². The van der Waals surface area contributed by atoms with Crippen LogP contribution in [0.3, 0.4) is 0 Å². The summed E-state index contributed by atoms with van der Waals surface area (Å²) in [6.07, 6.45) is 0. The predicted octanol–water partition coefficient (Wildman–Crippen LogP) is 1.76. The van der Waals surface area contributed by atoms with E-state index in [4.69, 9.17) is 10.8 Å². The standard InChI is InChI=1S/C10H10N2O2/c1-5-3-2-4-6-7(11)9(10(13)14)12-8(5)6/h2-4,12H,11H2,1H3,(H,13,14). The molecule has 0 aliphatic heterocycles. The molecular formula is C10H10N2O2. The van der Waals surface area contributed by atoms with E-state index in [1.807, 2.05) is 19.1 Å². The predicted molar refractivity (Wildman–Crippen MR) is 54.4 cm³/mol. The van der Waals surface area contributed by atoms with E-state index in [1.165, 1.54) is 0 Å². The first-order valence-electron chi connectivity index (χ1n) is 4.21. The van der Waals surface area contributed by atoms with Crippen LogP contribution >= 0.6 is 0 Å². The number of nitrogen functional groups attached to an aromatic ring is 1.